The standard InChI is InChI=1S/C46H29NO2/c1-2-10-30(11-3-1)31-18-22-34(23-19-31)47(36-26-27-44-41(29-36)38-14-6-8-16-42(38)48-44)35-24-20-32(21-25-35)40-28-33-12-4-5-13-37(33)45-39-15-7-9-17-43(39)49-46(40)45/h1-29H. The second-order valence-corrected chi connectivity index (χ2v) is 12.5. The van der Waals surface area contributed by atoms with Crippen LogP contribution in [-0.2, 0) is 0 Å². The maximum Gasteiger partial charge on any atom is 0.143 e. The maximum absolute atomic E-state index is 6.56. The van der Waals surface area contributed by atoms with E-state index >= 15 is 0 Å². The predicted octanol–water partition coefficient (Wildman–Crippen LogP) is 13.4. The van der Waals surface area contributed by atoms with Crippen LogP contribution in [0.2, 0.25) is 0 Å². The Balaban J connectivity index is 1.13. The van der Waals surface area contributed by atoms with Gasteiger partial charge in [0.25, 0.3) is 0 Å². The predicted molar refractivity (Wildman–Crippen MR) is 204 cm³/mol. The van der Waals surface area contributed by atoms with Gasteiger partial charge in [-0.1, -0.05) is 115 Å². The molecular weight excluding hydrogens is 599 g/mol. The third-order valence-electron chi connectivity index (χ3n) is 9.66. The highest BCUT2D eigenvalue weighted by atomic mass is 16.3. The number of nitrogens with zero attached hydrogens (tertiary/aromatic N) is 1. The van der Waals surface area contributed by atoms with E-state index in [0.29, 0.717) is 0 Å². The first kappa shape index (κ1) is 27.5. The molecule has 0 amide bonds. The molecule has 0 atom stereocenters. The molecular formula is C46H29NO2. The van der Waals surface area contributed by atoms with E-state index in [1.165, 1.54) is 21.9 Å². The quantitative estimate of drug-likeness (QED) is 0.190. The molecule has 0 aliphatic carbocycles. The van der Waals surface area contributed by atoms with Crippen molar-refractivity contribution in [2.75, 3.05) is 4.90 Å². The summed E-state index contributed by atoms with van der Waals surface area (Å²) in [5.41, 5.74) is 11.4. The number of fused-ring (bicyclic) bond motifs is 8. The molecule has 0 saturated heterocycles. The van der Waals surface area contributed by atoms with Crippen LogP contribution in [0.4, 0.5) is 17.1 Å². The molecule has 0 spiro atoms. The minimum absolute atomic E-state index is 0.880. The summed E-state index contributed by atoms with van der Waals surface area (Å²) in [4.78, 5) is 2.32. The summed E-state index contributed by atoms with van der Waals surface area (Å²) in [6.45, 7) is 0. The Morgan fingerprint density at radius 3 is 1.65 bits per heavy atom. The molecule has 0 radical (unpaired) electrons. The fraction of sp³-hybridized carbons (Fsp3) is 0. The van der Waals surface area contributed by atoms with Crippen molar-refractivity contribution in [3.8, 4) is 22.3 Å². The zero-order valence-corrected chi connectivity index (χ0v) is 26.5. The van der Waals surface area contributed by atoms with E-state index in [1.807, 2.05) is 18.2 Å². The fourth-order valence-electron chi connectivity index (χ4n) is 7.31. The van der Waals surface area contributed by atoms with Crippen LogP contribution < -0.4 is 4.90 Å². The largest absolute Gasteiger partial charge is 0.456 e. The summed E-state index contributed by atoms with van der Waals surface area (Å²) in [6.07, 6.45) is 0. The molecule has 10 rings (SSSR count). The lowest BCUT2D eigenvalue weighted by molar-refractivity contribution is 0.669. The highest BCUT2D eigenvalue weighted by Crippen LogP contribution is 2.43. The molecule has 3 nitrogen and oxygen atoms in total. The van der Waals surface area contributed by atoms with Gasteiger partial charge < -0.3 is 13.7 Å². The second-order valence-electron chi connectivity index (χ2n) is 12.5. The van der Waals surface area contributed by atoms with E-state index in [-0.39, 0.29) is 0 Å². The molecule has 0 saturated carbocycles. The molecule has 10 aromatic rings. The van der Waals surface area contributed by atoms with Crippen molar-refractivity contribution >= 4 is 71.7 Å². The van der Waals surface area contributed by atoms with E-state index in [1.54, 1.807) is 0 Å². The van der Waals surface area contributed by atoms with Gasteiger partial charge in [0, 0.05) is 44.2 Å². The van der Waals surface area contributed by atoms with Crippen LogP contribution in [0.5, 0.6) is 0 Å². The number of furan rings is 2. The topological polar surface area (TPSA) is 29.5 Å². The lowest BCUT2D eigenvalue weighted by atomic mass is 9.96. The van der Waals surface area contributed by atoms with Crippen molar-refractivity contribution in [1.29, 1.82) is 0 Å². The number of benzene rings is 8. The summed E-state index contributed by atoms with van der Waals surface area (Å²) in [5, 5.41) is 6.91. The lowest BCUT2D eigenvalue weighted by Crippen LogP contribution is -2.09. The average molecular weight is 628 g/mol. The van der Waals surface area contributed by atoms with E-state index in [4.69, 9.17) is 8.83 Å². The van der Waals surface area contributed by atoms with Crippen LogP contribution in [0.1, 0.15) is 0 Å². The Kier molecular flexibility index (Phi) is 6.18. The van der Waals surface area contributed by atoms with Gasteiger partial charge >= 0.3 is 0 Å². The lowest BCUT2D eigenvalue weighted by Gasteiger charge is -2.26. The Morgan fingerprint density at radius 1 is 0.347 bits per heavy atom. The van der Waals surface area contributed by atoms with Gasteiger partial charge in [0.15, 0.2) is 0 Å². The van der Waals surface area contributed by atoms with Crippen LogP contribution >= 0.6 is 0 Å². The third-order valence-corrected chi connectivity index (χ3v) is 9.66. The molecule has 2 aromatic heterocycles. The Hall–Kier alpha value is -6.58. The number of rotatable bonds is 5. The van der Waals surface area contributed by atoms with Crippen molar-refractivity contribution in [2.24, 2.45) is 0 Å². The van der Waals surface area contributed by atoms with Crippen LogP contribution in [0.3, 0.4) is 0 Å². The van der Waals surface area contributed by atoms with Crippen LogP contribution in [0, 0.1) is 0 Å². The second kappa shape index (κ2) is 11.0. The van der Waals surface area contributed by atoms with Crippen molar-refractivity contribution in [3.05, 3.63) is 176 Å². The van der Waals surface area contributed by atoms with Gasteiger partial charge in [-0.25, -0.2) is 0 Å². The summed E-state index contributed by atoms with van der Waals surface area (Å²) < 4.78 is 12.7. The molecule has 230 valence electrons. The first-order chi connectivity index (χ1) is 24.3. The summed E-state index contributed by atoms with van der Waals surface area (Å²) in [5.74, 6) is 0. The molecule has 0 bridgehead atoms. The van der Waals surface area contributed by atoms with Crippen molar-refractivity contribution in [1.82, 2.24) is 0 Å². The number of para-hydroxylation sites is 2. The van der Waals surface area contributed by atoms with Crippen LogP contribution in [0.15, 0.2) is 185 Å². The first-order valence-corrected chi connectivity index (χ1v) is 16.6. The SMILES string of the molecule is c1ccc(-c2ccc(N(c3ccc(-c4cc5ccccc5c5c4oc4ccccc45)cc3)c3ccc4oc5ccccc5c4c3)cc2)cc1. The third kappa shape index (κ3) is 4.51. The van der Waals surface area contributed by atoms with Crippen molar-refractivity contribution in [2.45, 2.75) is 0 Å². The van der Waals surface area contributed by atoms with Crippen molar-refractivity contribution < 1.29 is 8.83 Å². The van der Waals surface area contributed by atoms with Gasteiger partial charge in [0.2, 0.25) is 0 Å². The molecule has 2 heterocycles. The highest BCUT2D eigenvalue weighted by molar-refractivity contribution is 6.22. The van der Waals surface area contributed by atoms with Crippen LogP contribution in [-0.4, -0.2) is 0 Å². The Morgan fingerprint density at radius 2 is 0.898 bits per heavy atom. The molecule has 0 unspecified atom stereocenters. The van der Waals surface area contributed by atoms with E-state index in [2.05, 4.69) is 163 Å². The van der Waals surface area contributed by atoms with E-state index < -0.39 is 0 Å². The average Bonchev–Trinajstić information content (AvgIpc) is 3.75. The van der Waals surface area contributed by atoms with Gasteiger partial charge in [0.1, 0.15) is 22.3 Å². The summed E-state index contributed by atoms with van der Waals surface area (Å²) in [6, 6.07) is 62.0. The van der Waals surface area contributed by atoms with E-state index in [9.17, 15) is 0 Å². The zero-order chi connectivity index (χ0) is 32.3. The number of hydrogen-bond donors (Lipinski definition) is 0. The zero-order valence-electron chi connectivity index (χ0n) is 26.5. The highest BCUT2D eigenvalue weighted by Gasteiger charge is 2.19. The molecule has 3 heteroatoms. The monoisotopic (exact) mass is 627 g/mol. The maximum atomic E-state index is 6.56. The van der Waals surface area contributed by atoms with Crippen molar-refractivity contribution in [3.63, 3.8) is 0 Å². The van der Waals surface area contributed by atoms with Gasteiger partial charge in [0.05, 0.1) is 0 Å². The minimum atomic E-state index is 0.880. The van der Waals surface area contributed by atoms with Crippen LogP contribution in [0.25, 0.3) is 76.9 Å². The van der Waals surface area contributed by atoms with Gasteiger partial charge in [-0.2, -0.15) is 0 Å². The molecule has 8 aromatic carbocycles. The normalized spacial score (nSPS) is 11.7. The van der Waals surface area contributed by atoms with E-state index in [0.717, 1.165) is 72.1 Å². The molecule has 49 heavy (non-hydrogen) atoms. The smallest absolute Gasteiger partial charge is 0.143 e. The number of hydrogen-bond acceptors (Lipinski definition) is 3. The number of anilines is 3. The molecule has 0 fully saturated rings. The molecule has 0 aliphatic heterocycles. The molecule has 0 aliphatic rings. The summed E-state index contributed by atoms with van der Waals surface area (Å²) >= 11 is 0. The Bertz CT molecular complexity index is 2810. The fourth-order valence-corrected chi connectivity index (χ4v) is 7.31. The van der Waals surface area contributed by atoms with Gasteiger partial charge in [-0.05, 0) is 88.1 Å². The van der Waals surface area contributed by atoms with Gasteiger partial charge in [-0.3, -0.25) is 0 Å². The first-order valence-electron chi connectivity index (χ1n) is 16.6. The summed E-state index contributed by atoms with van der Waals surface area (Å²) in [7, 11) is 0. The van der Waals surface area contributed by atoms with Gasteiger partial charge in [-0.15, -0.1) is 0 Å². The Labute approximate surface area is 282 Å². The molecule has 0 N–H and O–H groups in total. The minimum Gasteiger partial charge on any atom is -0.456 e.